The van der Waals surface area contributed by atoms with Gasteiger partial charge in [-0.2, -0.15) is 0 Å². The van der Waals surface area contributed by atoms with Gasteiger partial charge >= 0.3 is 0 Å². The number of fused-ring (bicyclic) bond motifs is 1. The number of ether oxygens (including phenoxy) is 1. The lowest BCUT2D eigenvalue weighted by molar-refractivity contribution is -0.118. The molecule has 2 rings (SSSR count). The van der Waals surface area contributed by atoms with Gasteiger partial charge in [0.15, 0.2) is 0 Å². The molecule has 0 unspecified atom stereocenters. The smallest absolute Gasteiger partial charge is 0.230 e. The van der Waals surface area contributed by atoms with Crippen molar-refractivity contribution < 1.29 is 9.53 Å². The quantitative estimate of drug-likeness (QED) is 0.718. The molecule has 4 heteroatoms. The molecule has 2 N–H and O–H groups in total. The summed E-state index contributed by atoms with van der Waals surface area (Å²) >= 11 is 0. The van der Waals surface area contributed by atoms with Crippen molar-refractivity contribution in [2.75, 3.05) is 18.6 Å². The Balaban J connectivity index is 2.39. The zero-order chi connectivity index (χ0) is 14.0. The van der Waals surface area contributed by atoms with Gasteiger partial charge in [-0.05, 0) is 32.0 Å². The van der Waals surface area contributed by atoms with Crippen LogP contribution in [-0.4, -0.2) is 25.1 Å². The summed E-state index contributed by atoms with van der Waals surface area (Å²) in [4.78, 5) is 13.4. The van der Waals surface area contributed by atoms with E-state index in [2.05, 4.69) is 11.8 Å². The van der Waals surface area contributed by atoms with Gasteiger partial charge in [-0.3, -0.25) is 4.79 Å². The third-order valence-electron chi connectivity index (χ3n) is 2.80. The average Bonchev–Trinajstić information content (AvgIpc) is 2.47. The fourth-order valence-electron chi connectivity index (χ4n) is 1.76. The second kappa shape index (κ2) is 4.94. The number of rotatable bonds is 0. The van der Waals surface area contributed by atoms with Crippen molar-refractivity contribution in [3.05, 3.63) is 23.8 Å². The summed E-state index contributed by atoms with van der Waals surface area (Å²) in [6, 6.07) is 5.58. The maximum Gasteiger partial charge on any atom is 0.230 e. The molecule has 1 aromatic carbocycles. The lowest BCUT2D eigenvalue weighted by Crippen LogP contribution is -2.29. The Hall–Kier alpha value is -1.99. The highest BCUT2D eigenvalue weighted by Gasteiger charge is 2.19. The Morgan fingerprint density at radius 2 is 2.16 bits per heavy atom. The summed E-state index contributed by atoms with van der Waals surface area (Å²) < 4.78 is 5.55. The van der Waals surface area contributed by atoms with Gasteiger partial charge in [0, 0.05) is 12.6 Å². The monoisotopic (exact) mass is 258 g/mol. The third kappa shape index (κ3) is 3.27. The number of anilines is 1. The van der Waals surface area contributed by atoms with Gasteiger partial charge in [-0.15, -0.1) is 0 Å². The molecule has 0 aromatic heterocycles. The standard InChI is InChI=1S/C15H18N2O2/c1-15(2,16)8-6-11-4-5-13-12(10-11)17(3)14(18)7-9-19-13/h4-5,10H,7,9,16H2,1-3H3. The van der Waals surface area contributed by atoms with E-state index in [0.29, 0.717) is 18.8 Å². The van der Waals surface area contributed by atoms with E-state index in [-0.39, 0.29) is 5.91 Å². The number of hydrogen-bond acceptors (Lipinski definition) is 3. The predicted molar refractivity (Wildman–Crippen MR) is 75.1 cm³/mol. The van der Waals surface area contributed by atoms with E-state index in [0.717, 1.165) is 11.3 Å². The molecule has 0 aliphatic carbocycles. The summed E-state index contributed by atoms with van der Waals surface area (Å²) in [5.41, 5.74) is 6.87. The zero-order valence-corrected chi connectivity index (χ0v) is 11.5. The molecular weight excluding hydrogens is 240 g/mol. The first kappa shape index (κ1) is 13.4. The van der Waals surface area contributed by atoms with Crippen molar-refractivity contribution >= 4 is 11.6 Å². The molecule has 0 saturated heterocycles. The molecule has 0 bridgehead atoms. The van der Waals surface area contributed by atoms with Crippen LogP contribution in [0.2, 0.25) is 0 Å². The average molecular weight is 258 g/mol. The lowest BCUT2D eigenvalue weighted by atomic mass is 10.1. The first-order valence-corrected chi connectivity index (χ1v) is 6.22. The molecule has 0 atom stereocenters. The number of carbonyl (C=O) groups excluding carboxylic acids is 1. The highest BCUT2D eigenvalue weighted by molar-refractivity contribution is 5.95. The molecule has 1 heterocycles. The summed E-state index contributed by atoms with van der Waals surface area (Å²) in [6.45, 7) is 4.11. The van der Waals surface area contributed by atoms with Gasteiger partial charge in [0.2, 0.25) is 5.91 Å². The number of hydrogen-bond donors (Lipinski definition) is 1. The van der Waals surface area contributed by atoms with Crippen molar-refractivity contribution in [1.29, 1.82) is 0 Å². The highest BCUT2D eigenvalue weighted by Crippen LogP contribution is 2.31. The van der Waals surface area contributed by atoms with Gasteiger partial charge < -0.3 is 15.4 Å². The molecule has 19 heavy (non-hydrogen) atoms. The van der Waals surface area contributed by atoms with Crippen LogP contribution in [0.4, 0.5) is 5.69 Å². The molecule has 0 saturated carbocycles. The number of nitrogens with zero attached hydrogens (tertiary/aromatic N) is 1. The minimum Gasteiger partial charge on any atom is -0.491 e. The molecule has 4 nitrogen and oxygen atoms in total. The van der Waals surface area contributed by atoms with Crippen LogP contribution >= 0.6 is 0 Å². The van der Waals surface area contributed by atoms with Crippen molar-refractivity contribution in [2.45, 2.75) is 25.8 Å². The Bertz CT molecular complexity index is 562. The minimum absolute atomic E-state index is 0.0445. The first-order chi connectivity index (χ1) is 8.87. The van der Waals surface area contributed by atoms with Gasteiger partial charge in [-0.1, -0.05) is 11.8 Å². The van der Waals surface area contributed by atoms with Crippen LogP contribution in [0.25, 0.3) is 0 Å². The second-order valence-corrected chi connectivity index (χ2v) is 5.21. The van der Waals surface area contributed by atoms with Crippen LogP contribution in [0.5, 0.6) is 5.75 Å². The molecule has 0 spiro atoms. The van der Waals surface area contributed by atoms with Crippen molar-refractivity contribution in [2.24, 2.45) is 5.73 Å². The van der Waals surface area contributed by atoms with E-state index in [4.69, 9.17) is 10.5 Å². The van der Waals surface area contributed by atoms with Gasteiger partial charge in [-0.25, -0.2) is 0 Å². The van der Waals surface area contributed by atoms with Crippen LogP contribution < -0.4 is 15.4 Å². The normalized spacial score (nSPS) is 14.9. The zero-order valence-electron chi connectivity index (χ0n) is 11.5. The largest absolute Gasteiger partial charge is 0.491 e. The summed E-state index contributed by atoms with van der Waals surface area (Å²) in [6.07, 6.45) is 0.391. The van der Waals surface area contributed by atoms with Gasteiger partial charge in [0.1, 0.15) is 5.75 Å². The van der Waals surface area contributed by atoms with Gasteiger partial charge in [0.25, 0.3) is 0 Å². The van der Waals surface area contributed by atoms with E-state index in [9.17, 15) is 4.79 Å². The number of amides is 1. The van der Waals surface area contributed by atoms with E-state index in [1.54, 1.807) is 11.9 Å². The van der Waals surface area contributed by atoms with Crippen molar-refractivity contribution in [3.8, 4) is 17.6 Å². The van der Waals surface area contributed by atoms with Crippen molar-refractivity contribution in [3.63, 3.8) is 0 Å². The summed E-state index contributed by atoms with van der Waals surface area (Å²) in [7, 11) is 1.75. The molecule has 1 aliphatic rings. The second-order valence-electron chi connectivity index (χ2n) is 5.21. The minimum atomic E-state index is -0.537. The van der Waals surface area contributed by atoms with E-state index >= 15 is 0 Å². The van der Waals surface area contributed by atoms with Crippen molar-refractivity contribution in [1.82, 2.24) is 0 Å². The molecular formula is C15H18N2O2. The fraction of sp³-hybridized carbons (Fsp3) is 0.400. The van der Waals surface area contributed by atoms with E-state index < -0.39 is 5.54 Å². The topological polar surface area (TPSA) is 55.6 Å². The Morgan fingerprint density at radius 3 is 2.84 bits per heavy atom. The Kier molecular flexibility index (Phi) is 3.50. The van der Waals surface area contributed by atoms with Crippen LogP contribution in [0.15, 0.2) is 18.2 Å². The Labute approximate surface area is 113 Å². The molecule has 1 aliphatic heterocycles. The highest BCUT2D eigenvalue weighted by atomic mass is 16.5. The maximum atomic E-state index is 11.8. The van der Waals surface area contributed by atoms with E-state index in [1.807, 2.05) is 32.0 Å². The number of carbonyl (C=O) groups is 1. The molecule has 0 fully saturated rings. The number of benzene rings is 1. The summed E-state index contributed by atoms with van der Waals surface area (Å²) in [5.74, 6) is 6.75. The Morgan fingerprint density at radius 1 is 1.42 bits per heavy atom. The lowest BCUT2D eigenvalue weighted by Gasteiger charge is -2.16. The van der Waals surface area contributed by atoms with Crippen LogP contribution in [-0.2, 0) is 4.79 Å². The SMILES string of the molecule is CN1C(=O)CCOc2ccc(C#CC(C)(C)N)cc21. The predicted octanol–water partition coefficient (Wildman–Crippen LogP) is 1.52. The van der Waals surface area contributed by atoms with Crippen LogP contribution in [0, 0.1) is 11.8 Å². The maximum absolute atomic E-state index is 11.8. The molecule has 1 amide bonds. The number of nitrogens with two attached hydrogens (primary N) is 1. The van der Waals surface area contributed by atoms with Gasteiger partial charge in [0.05, 0.1) is 24.3 Å². The molecule has 0 radical (unpaired) electrons. The molecule has 1 aromatic rings. The third-order valence-corrected chi connectivity index (χ3v) is 2.80. The fourth-order valence-corrected chi connectivity index (χ4v) is 1.76. The summed E-state index contributed by atoms with van der Waals surface area (Å²) in [5, 5.41) is 0. The van der Waals surface area contributed by atoms with Crippen LogP contribution in [0.1, 0.15) is 25.8 Å². The first-order valence-electron chi connectivity index (χ1n) is 6.22. The molecule has 100 valence electrons. The van der Waals surface area contributed by atoms with Crippen LogP contribution in [0.3, 0.4) is 0 Å². The van der Waals surface area contributed by atoms with E-state index in [1.165, 1.54) is 0 Å².